The van der Waals surface area contributed by atoms with Crippen molar-refractivity contribution in [2.45, 2.75) is 39.2 Å². The normalized spacial score (nSPS) is 20.8. The van der Waals surface area contributed by atoms with Gasteiger partial charge in [0.1, 0.15) is 0 Å². The van der Waals surface area contributed by atoms with Crippen LogP contribution in [0.3, 0.4) is 0 Å². The minimum absolute atomic E-state index is 0.0493. The monoisotopic (exact) mass is 465 g/mol. The number of ether oxygens (including phenoxy) is 2. The Morgan fingerprint density at radius 1 is 1.18 bits per heavy atom. The average molecular weight is 466 g/mol. The highest BCUT2D eigenvalue weighted by atomic mass is 16.5. The first-order valence-corrected chi connectivity index (χ1v) is 11.6. The molecule has 8 heteroatoms. The zero-order valence-corrected chi connectivity index (χ0v) is 19.8. The number of methoxy groups -OCH3 is 2. The molecule has 34 heavy (non-hydrogen) atoms. The molecule has 2 unspecified atom stereocenters. The third kappa shape index (κ3) is 4.58. The molecule has 0 saturated heterocycles. The van der Waals surface area contributed by atoms with Crippen molar-refractivity contribution in [3.63, 3.8) is 0 Å². The van der Waals surface area contributed by atoms with E-state index in [4.69, 9.17) is 9.47 Å². The molecule has 1 amide bonds. The van der Waals surface area contributed by atoms with Gasteiger partial charge in [0.25, 0.3) is 11.3 Å². The van der Waals surface area contributed by atoms with Gasteiger partial charge in [0, 0.05) is 18.3 Å². The lowest BCUT2D eigenvalue weighted by Crippen LogP contribution is -2.37. The predicted molar refractivity (Wildman–Crippen MR) is 129 cm³/mol. The number of hydrogen-bond donors (Lipinski definition) is 2. The summed E-state index contributed by atoms with van der Waals surface area (Å²) in [6.45, 7) is 2.73. The molecular weight excluding hydrogens is 434 g/mol. The molecule has 2 atom stereocenters. The van der Waals surface area contributed by atoms with E-state index in [0.29, 0.717) is 35.6 Å². The number of benzene rings is 1. The van der Waals surface area contributed by atoms with Crippen LogP contribution in [0.25, 0.3) is 0 Å². The molecule has 2 N–H and O–H groups in total. The first-order chi connectivity index (χ1) is 16.4. The van der Waals surface area contributed by atoms with Crippen LogP contribution in [0.1, 0.15) is 43.1 Å². The number of anilines is 1. The Morgan fingerprint density at radius 3 is 2.56 bits per heavy atom. The Hall–Kier alpha value is -3.55. The third-order valence-electron chi connectivity index (χ3n) is 7.00. The van der Waals surface area contributed by atoms with Gasteiger partial charge in [-0.25, -0.2) is 0 Å². The van der Waals surface area contributed by atoms with Crippen molar-refractivity contribution in [1.82, 2.24) is 9.78 Å². The minimum atomic E-state index is -0.802. The number of amides is 1. The largest absolute Gasteiger partial charge is 0.503 e. The molecule has 1 saturated carbocycles. The summed E-state index contributed by atoms with van der Waals surface area (Å²) in [6.07, 6.45) is 14.3. The first-order valence-electron chi connectivity index (χ1n) is 11.6. The number of nitrogens with zero attached hydrogens (tertiary/aromatic N) is 2. The highest BCUT2D eigenvalue weighted by Gasteiger charge is 2.43. The molecule has 1 fully saturated rings. The third-order valence-corrected chi connectivity index (χ3v) is 7.00. The Kier molecular flexibility index (Phi) is 6.77. The topological polar surface area (TPSA) is 103 Å². The van der Waals surface area contributed by atoms with Crippen molar-refractivity contribution in [1.29, 1.82) is 0 Å². The van der Waals surface area contributed by atoms with Gasteiger partial charge >= 0.3 is 0 Å². The lowest BCUT2D eigenvalue weighted by Gasteiger charge is -2.40. The summed E-state index contributed by atoms with van der Waals surface area (Å²) in [4.78, 5) is 25.6. The number of nitrogens with one attached hydrogen (secondary N) is 1. The van der Waals surface area contributed by atoms with Gasteiger partial charge in [-0.15, -0.1) is 0 Å². The molecule has 0 spiro atoms. The Morgan fingerprint density at radius 2 is 1.88 bits per heavy atom. The average Bonchev–Trinajstić information content (AvgIpc) is 3.30. The Bertz CT molecular complexity index is 1180. The fourth-order valence-electron chi connectivity index (χ4n) is 5.34. The molecular formula is C26H31N3O5. The van der Waals surface area contributed by atoms with Crippen LogP contribution in [0.15, 0.2) is 53.5 Å². The zero-order valence-electron chi connectivity index (χ0n) is 19.8. The predicted octanol–water partition coefficient (Wildman–Crippen LogP) is 4.16. The van der Waals surface area contributed by atoms with Gasteiger partial charge < -0.3 is 19.9 Å². The molecule has 1 heterocycles. The quantitative estimate of drug-likeness (QED) is 0.637. The van der Waals surface area contributed by atoms with E-state index in [1.807, 2.05) is 0 Å². The summed E-state index contributed by atoms with van der Waals surface area (Å²) in [5, 5.41) is 17.4. The lowest BCUT2D eigenvalue weighted by atomic mass is 9.67. The van der Waals surface area contributed by atoms with Gasteiger partial charge in [0.05, 0.1) is 20.4 Å². The van der Waals surface area contributed by atoms with Crippen LogP contribution >= 0.6 is 0 Å². The SMILES string of the molecule is COc1ccc(NC(=O)c2nn(CC3(C4C=CC=CC4C)CCCC3)cc(O)c2=O)cc1OC. The fourth-order valence-corrected chi connectivity index (χ4v) is 5.34. The number of rotatable bonds is 7. The van der Waals surface area contributed by atoms with Crippen molar-refractivity contribution in [2.75, 3.05) is 19.5 Å². The summed E-state index contributed by atoms with van der Waals surface area (Å²) in [5.41, 5.74) is -0.788. The number of allylic oxidation sites excluding steroid dienone is 4. The molecule has 2 aliphatic carbocycles. The van der Waals surface area contributed by atoms with Crippen molar-refractivity contribution in [3.05, 3.63) is 64.6 Å². The van der Waals surface area contributed by atoms with Crippen LogP contribution in [0.5, 0.6) is 17.2 Å². The van der Waals surface area contributed by atoms with E-state index in [9.17, 15) is 14.7 Å². The highest BCUT2D eigenvalue weighted by Crippen LogP contribution is 2.50. The molecule has 0 radical (unpaired) electrons. The van der Waals surface area contributed by atoms with Crippen LogP contribution in [-0.4, -0.2) is 35.0 Å². The van der Waals surface area contributed by atoms with Gasteiger partial charge in [-0.1, -0.05) is 44.1 Å². The number of aromatic hydroxyl groups is 1. The first kappa shape index (κ1) is 23.6. The molecule has 0 aliphatic heterocycles. The molecule has 180 valence electrons. The molecule has 4 rings (SSSR count). The second-order valence-electron chi connectivity index (χ2n) is 9.14. The number of hydrogen-bond acceptors (Lipinski definition) is 6. The van der Waals surface area contributed by atoms with E-state index in [-0.39, 0.29) is 11.1 Å². The standard InChI is InChI=1S/C26H31N3O5/c1-17-8-4-5-9-19(17)26(12-6-7-13-26)16-29-15-20(30)24(31)23(28-29)25(32)27-18-10-11-21(33-2)22(14-18)34-3/h4-5,8-11,14-15,17,19,30H,6-7,12-13,16H2,1-3H3,(H,27,32). The Balaban J connectivity index is 1.62. The summed E-state index contributed by atoms with van der Waals surface area (Å²) >= 11 is 0. The van der Waals surface area contributed by atoms with Crippen molar-refractivity contribution < 1.29 is 19.4 Å². The van der Waals surface area contributed by atoms with Crippen LogP contribution in [-0.2, 0) is 6.54 Å². The van der Waals surface area contributed by atoms with E-state index in [2.05, 4.69) is 41.6 Å². The zero-order chi connectivity index (χ0) is 24.3. The molecule has 2 aliphatic rings. The molecule has 8 nitrogen and oxygen atoms in total. The van der Waals surface area contributed by atoms with Crippen molar-refractivity contribution in [2.24, 2.45) is 17.3 Å². The molecule has 0 bridgehead atoms. The van der Waals surface area contributed by atoms with E-state index in [1.54, 1.807) is 22.9 Å². The van der Waals surface area contributed by atoms with Crippen LogP contribution in [0, 0.1) is 17.3 Å². The maximum absolute atomic E-state index is 13.0. The van der Waals surface area contributed by atoms with Gasteiger partial charge in [0.2, 0.25) is 0 Å². The number of carbonyl (C=O) groups excluding carboxylic acids is 1. The molecule has 1 aromatic carbocycles. The highest BCUT2D eigenvalue weighted by molar-refractivity contribution is 6.03. The van der Waals surface area contributed by atoms with Crippen LogP contribution in [0.2, 0.25) is 0 Å². The van der Waals surface area contributed by atoms with E-state index in [1.165, 1.54) is 20.4 Å². The minimum Gasteiger partial charge on any atom is -0.503 e. The summed E-state index contributed by atoms with van der Waals surface area (Å²) in [5.74, 6) is 0.467. The second-order valence-corrected chi connectivity index (χ2v) is 9.14. The van der Waals surface area contributed by atoms with E-state index >= 15 is 0 Å². The summed E-state index contributed by atoms with van der Waals surface area (Å²) in [6, 6.07) is 4.88. The van der Waals surface area contributed by atoms with Crippen LogP contribution in [0.4, 0.5) is 5.69 Å². The second kappa shape index (κ2) is 9.75. The van der Waals surface area contributed by atoms with Crippen molar-refractivity contribution in [3.8, 4) is 17.2 Å². The lowest BCUT2D eigenvalue weighted by molar-refractivity contribution is 0.101. The number of carbonyl (C=O) groups is 1. The number of aromatic nitrogens is 2. The van der Waals surface area contributed by atoms with Crippen LogP contribution < -0.4 is 20.2 Å². The van der Waals surface area contributed by atoms with Gasteiger partial charge in [-0.05, 0) is 42.2 Å². The van der Waals surface area contributed by atoms with Gasteiger partial charge in [-0.2, -0.15) is 5.10 Å². The maximum atomic E-state index is 13.0. The smallest absolute Gasteiger partial charge is 0.280 e. The Labute approximate surface area is 198 Å². The van der Waals surface area contributed by atoms with E-state index < -0.39 is 17.1 Å². The fraction of sp³-hybridized carbons (Fsp3) is 0.423. The van der Waals surface area contributed by atoms with Crippen molar-refractivity contribution >= 4 is 11.6 Å². The maximum Gasteiger partial charge on any atom is 0.280 e. The summed E-state index contributed by atoms with van der Waals surface area (Å²) < 4.78 is 12.0. The van der Waals surface area contributed by atoms with E-state index in [0.717, 1.165) is 25.7 Å². The molecule has 2 aromatic rings. The van der Waals surface area contributed by atoms with Gasteiger partial charge in [-0.3, -0.25) is 14.3 Å². The summed E-state index contributed by atoms with van der Waals surface area (Å²) in [7, 11) is 3.02. The molecule has 1 aromatic heterocycles. The van der Waals surface area contributed by atoms with Gasteiger partial charge in [0.15, 0.2) is 22.9 Å².